The Labute approximate surface area is 104 Å². The van der Waals surface area contributed by atoms with Crippen molar-refractivity contribution < 1.29 is 9.53 Å². The predicted molar refractivity (Wildman–Crippen MR) is 65.2 cm³/mol. The summed E-state index contributed by atoms with van der Waals surface area (Å²) in [5, 5.41) is 4.00. The van der Waals surface area contributed by atoms with Gasteiger partial charge in [0, 0.05) is 18.5 Å². The Balaban J connectivity index is 1.84. The van der Waals surface area contributed by atoms with E-state index in [1.54, 1.807) is 23.1 Å². The van der Waals surface area contributed by atoms with Gasteiger partial charge < -0.3 is 10.5 Å². The summed E-state index contributed by atoms with van der Waals surface area (Å²) in [6.07, 6.45) is 3.43. The number of hydrogen-bond acceptors (Lipinski definition) is 4. The summed E-state index contributed by atoms with van der Waals surface area (Å²) in [4.78, 5) is 15.0. The van der Waals surface area contributed by atoms with Gasteiger partial charge in [-0.15, -0.1) is 0 Å². The number of hydrogen-bond donors (Lipinski definition) is 1. The van der Waals surface area contributed by atoms with E-state index in [4.69, 9.17) is 10.5 Å². The SMILES string of the molecule is Cc1ccc(OCCn2ccc(C(N)=O)n2)nc1. The molecule has 0 fully saturated rings. The lowest BCUT2D eigenvalue weighted by Gasteiger charge is -2.05. The summed E-state index contributed by atoms with van der Waals surface area (Å²) in [6.45, 7) is 2.92. The Morgan fingerprint density at radius 2 is 2.28 bits per heavy atom. The molecular formula is C12H14N4O2. The number of amides is 1. The van der Waals surface area contributed by atoms with Crippen LogP contribution >= 0.6 is 0 Å². The van der Waals surface area contributed by atoms with E-state index in [2.05, 4.69) is 10.1 Å². The number of aromatic nitrogens is 3. The maximum Gasteiger partial charge on any atom is 0.269 e. The summed E-state index contributed by atoms with van der Waals surface area (Å²) >= 11 is 0. The number of ether oxygens (including phenoxy) is 1. The highest BCUT2D eigenvalue weighted by Crippen LogP contribution is 2.06. The van der Waals surface area contributed by atoms with E-state index in [1.807, 2.05) is 19.1 Å². The molecule has 0 aliphatic carbocycles. The highest BCUT2D eigenvalue weighted by atomic mass is 16.5. The largest absolute Gasteiger partial charge is 0.476 e. The highest BCUT2D eigenvalue weighted by molar-refractivity contribution is 5.90. The Morgan fingerprint density at radius 3 is 2.89 bits per heavy atom. The van der Waals surface area contributed by atoms with Gasteiger partial charge in [0.15, 0.2) is 0 Å². The standard InChI is InChI=1S/C12H14N4O2/c1-9-2-3-11(14-8-9)18-7-6-16-5-4-10(15-16)12(13)17/h2-5,8H,6-7H2,1H3,(H2,13,17). The number of nitrogens with zero attached hydrogens (tertiary/aromatic N) is 3. The molecule has 1 amide bonds. The normalized spacial score (nSPS) is 10.3. The molecule has 0 aliphatic rings. The van der Waals surface area contributed by atoms with Crippen LogP contribution in [0.15, 0.2) is 30.6 Å². The second-order valence-electron chi connectivity index (χ2n) is 3.85. The molecule has 6 nitrogen and oxygen atoms in total. The van der Waals surface area contributed by atoms with Crippen molar-refractivity contribution in [1.82, 2.24) is 14.8 Å². The lowest BCUT2D eigenvalue weighted by Crippen LogP contribution is -2.14. The van der Waals surface area contributed by atoms with E-state index in [1.165, 1.54) is 0 Å². The van der Waals surface area contributed by atoms with Crippen LogP contribution in [0.5, 0.6) is 5.88 Å². The topological polar surface area (TPSA) is 83.0 Å². The summed E-state index contributed by atoms with van der Waals surface area (Å²) in [6, 6.07) is 5.32. The van der Waals surface area contributed by atoms with Crippen molar-refractivity contribution in [2.75, 3.05) is 6.61 Å². The van der Waals surface area contributed by atoms with Crippen molar-refractivity contribution in [3.05, 3.63) is 41.9 Å². The maximum atomic E-state index is 10.8. The first-order valence-corrected chi connectivity index (χ1v) is 5.54. The van der Waals surface area contributed by atoms with Crippen molar-refractivity contribution in [2.45, 2.75) is 13.5 Å². The molecule has 2 aromatic heterocycles. The van der Waals surface area contributed by atoms with Crippen LogP contribution in [0.2, 0.25) is 0 Å². The first kappa shape index (κ1) is 12.1. The molecule has 0 saturated heterocycles. The zero-order valence-corrected chi connectivity index (χ0v) is 10.0. The van der Waals surface area contributed by atoms with E-state index in [9.17, 15) is 4.79 Å². The first-order valence-electron chi connectivity index (χ1n) is 5.54. The van der Waals surface area contributed by atoms with E-state index >= 15 is 0 Å². The van der Waals surface area contributed by atoms with Gasteiger partial charge in [0.25, 0.3) is 5.91 Å². The van der Waals surface area contributed by atoms with Crippen LogP contribution in [-0.2, 0) is 6.54 Å². The molecule has 0 bridgehead atoms. The van der Waals surface area contributed by atoms with Crippen LogP contribution in [-0.4, -0.2) is 27.3 Å². The molecule has 2 rings (SSSR count). The quantitative estimate of drug-likeness (QED) is 0.844. The fourth-order valence-electron chi connectivity index (χ4n) is 1.40. The van der Waals surface area contributed by atoms with Gasteiger partial charge in [-0.3, -0.25) is 9.48 Å². The predicted octanol–water partition coefficient (Wildman–Crippen LogP) is 0.764. The van der Waals surface area contributed by atoms with Gasteiger partial charge in [-0.05, 0) is 18.6 Å². The molecule has 2 aromatic rings. The summed E-state index contributed by atoms with van der Waals surface area (Å²) in [5.41, 5.74) is 6.44. The fourth-order valence-corrected chi connectivity index (χ4v) is 1.40. The van der Waals surface area contributed by atoms with Crippen molar-refractivity contribution >= 4 is 5.91 Å². The molecule has 94 valence electrons. The van der Waals surface area contributed by atoms with Gasteiger partial charge >= 0.3 is 0 Å². The molecule has 0 spiro atoms. The number of rotatable bonds is 5. The molecular weight excluding hydrogens is 232 g/mol. The lowest BCUT2D eigenvalue weighted by atomic mass is 10.3. The van der Waals surface area contributed by atoms with Crippen LogP contribution in [0.4, 0.5) is 0 Å². The van der Waals surface area contributed by atoms with Crippen molar-refractivity contribution in [3.63, 3.8) is 0 Å². The van der Waals surface area contributed by atoms with Crippen molar-refractivity contribution in [2.24, 2.45) is 5.73 Å². The summed E-state index contributed by atoms with van der Waals surface area (Å²) < 4.78 is 7.05. The number of pyridine rings is 1. The number of primary amides is 1. The number of carbonyl (C=O) groups is 1. The van der Waals surface area contributed by atoms with E-state index in [0.717, 1.165) is 5.56 Å². The van der Waals surface area contributed by atoms with Gasteiger partial charge in [0.05, 0.1) is 6.54 Å². The molecule has 0 radical (unpaired) electrons. The average molecular weight is 246 g/mol. The first-order chi connectivity index (χ1) is 8.65. The van der Waals surface area contributed by atoms with Gasteiger partial charge in [-0.1, -0.05) is 6.07 Å². The smallest absolute Gasteiger partial charge is 0.269 e. The molecule has 0 unspecified atom stereocenters. The zero-order chi connectivity index (χ0) is 13.0. The average Bonchev–Trinajstić information content (AvgIpc) is 2.81. The highest BCUT2D eigenvalue weighted by Gasteiger charge is 2.04. The minimum atomic E-state index is -0.533. The van der Waals surface area contributed by atoms with Crippen LogP contribution in [0.1, 0.15) is 16.1 Å². The molecule has 2 heterocycles. The third kappa shape index (κ3) is 3.07. The Bertz CT molecular complexity index is 533. The minimum absolute atomic E-state index is 0.253. The second-order valence-corrected chi connectivity index (χ2v) is 3.85. The molecule has 0 aliphatic heterocycles. The van der Waals surface area contributed by atoms with Crippen LogP contribution < -0.4 is 10.5 Å². The third-order valence-electron chi connectivity index (χ3n) is 2.35. The van der Waals surface area contributed by atoms with Crippen molar-refractivity contribution in [3.8, 4) is 5.88 Å². The van der Waals surface area contributed by atoms with E-state index in [0.29, 0.717) is 19.0 Å². The molecule has 2 N–H and O–H groups in total. The number of carbonyl (C=O) groups excluding carboxylic acids is 1. The molecule has 6 heteroatoms. The monoisotopic (exact) mass is 246 g/mol. The Morgan fingerprint density at radius 1 is 1.44 bits per heavy atom. The molecule has 0 aromatic carbocycles. The summed E-state index contributed by atoms with van der Waals surface area (Å²) in [5.74, 6) is 0.0396. The van der Waals surface area contributed by atoms with Gasteiger partial charge in [-0.25, -0.2) is 4.98 Å². The summed E-state index contributed by atoms with van der Waals surface area (Å²) in [7, 11) is 0. The lowest BCUT2D eigenvalue weighted by molar-refractivity contribution is 0.0994. The van der Waals surface area contributed by atoms with Gasteiger partial charge in [0.2, 0.25) is 5.88 Å². The Kier molecular flexibility index (Phi) is 3.57. The molecule has 18 heavy (non-hydrogen) atoms. The third-order valence-corrected chi connectivity index (χ3v) is 2.35. The maximum absolute atomic E-state index is 10.8. The van der Waals surface area contributed by atoms with E-state index in [-0.39, 0.29) is 5.69 Å². The molecule has 0 atom stereocenters. The minimum Gasteiger partial charge on any atom is -0.476 e. The molecule has 0 saturated carbocycles. The van der Waals surface area contributed by atoms with E-state index < -0.39 is 5.91 Å². The van der Waals surface area contributed by atoms with Crippen LogP contribution in [0.25, 0.3) is 0 Å². The number of nitrogens with two attached hydrogens (primary N) is 1. The van der Waals surface area contributed by atoms with Crippen LogP contribution in [0.3, 0.4) is 0 Å². The van der Waals surface area contributed by atoms with Gasteiger partial charge in [0.1, 0.15) is 12.3 Å². The van der Waals surface area contributed by atoms with Gasteiger partial charge in [-0.2, -0.15) is 5.10 Å². The zero-order valence-electron chi connectivity index (χ0n) is 10.0. The second kappa shape index (κ2) is 5.31. The fraction of sp³-hybridized carbons (Fsp3) is 0.250. The Hall–Kier alpha value is -2.37. The van der Waals surface area contributed by atoms with Crippen molar-refractivity contribution in [1.29, 1.82) is 0 Å². The number of aryl methyl sites for hydroxylation is 1. The van der Waals surface area contributed by atoms with Crippen LogP contribution in [0, 0.1) is 6.92 Å².